The predicted octanol–water partition coefficient (Wildman–Crippen LogP) is 2.95. The molecule has 33 heavy (non-hydrogen) atoms. The fraction of sp³-hybridized carbons (Fsp3) is 0.720. The van der Waals surface area contributed by atoms with E-state index in [0.717, 1.165) is 6.08 Å². The largest absolute Gasteiger partial charge is 0.450 e. The van der Waals surface area contributed by atoms with Crippen molar-refractivity contribution in [3.05, 3.63) is 23.8 Å². The number of fused-ring (bicyclic) bond motifs is 5. The van der Waals surface area contributed by atoms with E-state index in [1.807, 2.05) is 0 Å². The highest BCUT2D eigenvalue weighted by molar-refractivity contribution is 6.01. The van der Waals surface area contributed by atoms with Crippen LogP contribution >= 0.6 is 0 Å². The smallest absolute Gasteiger partial charge is 0.306 e. The van der Waals surface area contributed by atoms with Crippen molar-refractivity contribution in [2.75, 3.05) is 6.61 Å². The minimum absolute atomic E-state index is 0.0291. The van der Waals surface area contributed by atoms with Gasteiger partial charge in [0.05, 0.1) is 6.10 Å². The second-order valence-electron chi connectivity index (χ2n) is 10.5. The van der Waals surface area contributed by atoms with E-state index in [2.05, 4.69) is 0 Å². The number of halogens is 2. The number of allylic oxidation sites excluding steroid dienone is 4. The summed E-state index contributed by atoms with van der Waals surface area (Å²) in [5.74, 6) is -3.24. The van der Waals surface area contributed by atoms with Crippen molar-refractivity contribution >= 4 is 17.5 Å². The average Bonchev–Trinajstić information content (AvgIpc) is 3.04. The molecule has 0 spiro atoms. The monoisotopic (exact) mass is 466 g/mol. The lowest BCUT2D eigenvalue weighted by molar-refractivity contribution is -0.229. The first-order valence-corrected chi connectivity index (χ1v) is 11.7. The minimum Gasteiger partial charge on any atom is -0.450 e. The first-order chi connectivity index (χ1) is 15.4. The Kier molecular flexibility index (Phi) is 5.72. The zero-order valence-corrected chi connectivity index (χ0v) is 19.3. The maximum Gasteiger partial charge on any atom is 0.306 e. The maximum atomic E-state index is 17.1. The van der Waals surface area contributed by atoms with Crippen LogP contribution in [0, 0.1) is 22.7 Å². The normalized spacial score (nSPS) is 46.2. The van der Waals surface area contributed by atoms with Gasteiger partial charge in [-0.3, -0.25) is 14.4 Å². The number of ether oxygens (including phenoxy) is 1. The topological polar surface area (TPSA) is 101 Å². The number of esters is 1. The van der Waals surface area contributed by atoms with E-state index in [1.54, 1.807) is 13.8 Å². The Labute approximate surface area is 192 Å². The lowest BCUT2D eigenvalue weighted by Crippen LogP contribution is -2.70. The molecule has 0 unspecified atom stereocenters. The summed E-state index contributed by atoms with van der Waals surface area (Å²) in [7, 11) is 0. The molecule has 0 aromatic rings. The van der Waals surface area contributed by atoms with Crippen molar-refractivity contribution in [3.63, 3.8) is 0 Å². The van der Waals surface area contributed by atoms with Gasteiger partial charge in [0.1, 0.15) is 12.8 Å². The van der Waals surface area contributed by atoms with Gasteiger partial charge in [-0.05, 0) is 62.7 Å². The number of carbonyl (C=O) groups is 3. The Morgan fingerprint density at radius 2 is 1.97 bits per heavy atom. The molecule has 0 aliphatic heterocycles. The molecule has 4 aliphatic rings. The third-order valence-electron chi connectivity index (χ3n) is 9.08. The van der Waals surface area contributed by atoms with Crippen molar-refractivity contribution in [1.82, 2.24) is 0 Å². The Morgan fingerprint density at radius 3 is 2.61 bits per heavy atom. The summed E-state index contributed by atoms with van der Waals surface area (Å²) in [5.41, 5.74) is -6.64. The molecular weight excluding hydrogens is 434 g/mol. The SMILES string of the molecule is CCCC(=O)O[C@]1(C(=O)CO)CC[C@H]2[C@@H]3C[C@H](F)C4=CC(=O)C=C[C@]4(C)[C@]3(F)[C@@H](O)C[C@@]21C. The molecule has 0 saturated heterocycles. The Morgan fingerprint density at radius 1 is 1.27 bits per heavy atom. The molecule has 8 atom stereocenters. The number of Topliss-reactive ketones (excluding diaryl/α,β-unsaturated/α-hetero) is 1. The van der Waals surface area contributed by atoms with E-state index in [-0.39, 0.29) is 37.7 Å². The standard InChI is InChI=1S/C25H32F2O6/c1-4-5-21(32)33-24(20(31)13-28)9-7-15-16-11-18(26)17-10-14(29)6-8-22(17,2)25(16,27)19(30)12-23(15,24)3/h6,8,10,15-16,18-19,28,30H,4-5,7,9,11-13H2,1-3H3/t15-,16-,18-,19-,22-,23-,24-,25+/m0/s1. The Bertz CT molecular complexity index is 945. The van der Waals surface area contributed by atoms with Gasteiger partial charge in [0.15, 0.2) is 17.1 Å². The van der Waals surface area contributed by atoms with Crippen molar-refractivity contribution in [3.8, 4) is 0 Å². The lowest BCUT2D eigenvalue weighted by atomic mass is 9.44. The van der Waals surface area contributed by atoms with E-state index in [4.69, 9.17) is 4.74 Å². The number of ketones is 2. The van der Waals surface area contributed by atoms with Gasteiger partial charge in [-0.1, -0.05) is 19.9 Å². The van der Waals surface area contributed by atoms with Crippen LogP contribution in [0.2, 0.25) is 0 Å². The molecule has 4 aliphatic carbocycles. The van der Waals surface area contributed by atoms with Crippen LogP contribution in [0.3, 0.4) is 0 Å². The van der Waals surface area contributed by atoms with Gasteiger partial charge in [-0.15, -0.1) is 0 Å². The summed E-state index contributed by atoms with van der Waals surface area (Å²) in [6.07, 6.45) is 1.01. The number of carbonyl (C=O) groups excluding carboxylic acids is 3. The van der Waals surface area contributed by atoms with E-state index in [1.165, 1.54) is 19.1 Å². The number of rotatable bonds is 5. The van der Waals surface area contributed by atoms with Gasteiger partial charge < -0.3 is 14.9 Å². The highest BCUT2D eigenvalue weighted by atomic mass is 19.1. The van der Waals surface area contributed by atoms with Crippen LogP contribution in [0.15, 0.2) is 23.8 Å². The molecule has 2 N–H and O–H groups in total. The van der Waals surface area contributed by atoms with Gasteiger partial charge in [0, 0.05) is 23.2 Å². The lowest BCUT2D eigenvalue weighted by Gasteiger charge is -2.63. The van der Waals surface area contributed by atoms with Crippen LogP contribution in [0.5, 0.6) is 0 Å². The van der Waals surface area contributed by atoms with Gasteiger partial charge in [0.25, 0.3) is 0 Å². The summed E-state index contributed by atoms with van der Waals surface area (Å²) in [6.45, 7) is 4.13. The predicted molar refractivity (Wildman–Crippen MR) is 114 cm³/mol. The number of alkyl halides is 2. The van der Waals surface area contributed by atoms with Gasteiger partial charge >= 0.3 is 5.97 Å². The summed E-state index contributed by atoms with van der Waals surface area (Å²) in [5, 5.41) is 21.0. The summed E-state index contributed by atoms with van der Waals surface area (Å²) in [4.78, 5) is 37.4. The van der Waals surface area contributed by atoms with Crippen molar-refractivity contribution in [1.29, 1.82) is 0 Å². The van der Waals surface area contributed by atoms with Crippen LogP contribution < -0.4 is 0 Å². The first kappa shape index (κ1) is 24.2. The van der Waals surface area contributed by atoms with Crippen LogP contribution in [0.4, 0.5) is 8.78 Å². The van der Waals surface area contributed by atoms with Gasteiger partial charge in [-0.2, -0.15) is 0 Å². The van der Waals surface area contributed by atoms with Crippen molar-refractivity contribution < 1.29 is 38.1 Å². The summed E-state index contributed by atoms with van der Waals surface area (Å²) in [6, 6.07) is 0. The van der Waals surface area contributed by atoms with Crippen LogP contribution in [-0.4, -0.2) is 57.9 Å². The molecule has 0 aromatic heterocycles. The van der Waals surface area contributed by atoms with Gasteiger partial charge in [-0.25, -0.2) is 8.78 Å². The molecule has 0 bridgehead atoms. The second kappa shape index (κ2) is 7.80. The number of aliphatic hydroxyl groups is 2. The molecule has 4 rings (SSSR count). The highest BCUT2D eigenvalue weighted by Crippen LogP contribution is 2.70. The molecule has 0 heterocycles. The third kappa shape index (κ3) is 2.99. The highest BCUT2D eigenvalue weighted by Gasteiger charge is 2.76. The molecule has 3 fully saturated rings. The molecule has 6 nitrogen and oxygen atoms in total. The van der Waals surface area contributed by atoms with Crippen molar-refractivity contribution in [2.24, 2.45) is 22.7 Å². The summed E-state index contributed by atoms with van der Waals surface area (Å²) < 4.78 is 38.3. The molecule has 8 heteroatoms. The molecule has 182 valence electrons. The summed E-state index contributed by atoms with van der Waals surface area (Å²) >= 11 is 0. The molecule has 0 radical (unpaired) electrons. The number of hydrogen-bond acceptors (Lipinski definition) is 6. The van der Waals surface area contributed by atoms with E-state index >= 15 is 8.78 Å². The average molecular weight is 467 g/mol. The maximum absolute atomic E-state index is 17.1. The molecule has 3 saturated carbocycles. The molecule has 0 aromatic carbocycles. The zero-order chi connectivity index (χ0) is 24.4. The minimum atomic E-state index is -2.27. The fourth-order valence-electron chi connectivity index (χ4n) is 7.45. The zero-order valence-electron chi connectivity index (χ0n) is 19.3. The van der Waals surface area contributed by atoms with Crippen molar-refractivity contribution in [2.45, 2.75) is 82.8 Å². The Balaban J connectivity index is 1.82. The Hall–Kier alpha value is -1.93. The van der Waals surface area contributed by atoms with Crippen LogP contribution in [0.1, 0.15) is 59.3 Å². The fourth-order valence-corrected chi connectivity index (χ4v) is 7.45. The molecular formula is C25H32F2O6. The third-order valence-corrected chi connectivity index (χ3v) is 9.08. The van der Waals surface area contributed by atoms with E-state index in [9.17, 15) is 24.6 Å². The van der Waals surface area contributed by atoms with E-state index < -0.39 is 70.4 Å². The number of hydrogen-bond donors (Lipinski definition) is 2. The first-order valence-electron chi connectivity index (χ1n) is 11.7. The van der Waals surface area contributed by atoms with E-state index in [0.29, 0.717) is 6.42 Å². The number of aliphatic hydroxyl groups excluding tert-OH is 2. The van der Waals surface area contributed by atoms with Gasteiger partial charge in [0.2, 0.25) is 5.78 Å². The van der Waals surface area contributed by atoms with Crippen LogP contribution in [0.25, 0.3) is 0 Å². The second-order valence-corrected chi connectivity index (χ2v) is 10.5. The quantitative estimate of drug-likeness (QED) is 0.605. The van der Waals surface area contributed by atoms with Crippen LogP contribution in [-0.2, 0) is 19.1 Å². The molecule has 0 amide bonds.